The molecule has 0 N–H and O–H groups in total. The van der Waals surface area contributed by atoms with E-state index in [0.29, 0.717) is 5.56 Å². The number of Topliss-reactive ketones (excluding diaryl/α,β-unsaturated/α-hetero) is 1. The van der Waals surface area contributed by atoms with E-state index in [1.165, 1.54) is 23.2 Å². The molecule has 0 amide bonds. The van der Waals surface area contributed by atoms with Crippen molar-refractivity contribution in [2.24, 2.45) is 0 Å². The summed E-state index contributed by atoms with van der Waals surface area (Å²) in [7, 11) is 0. The van der Waals surface area contributed by atoms with Gasteiger partial charge in [-0.15, -0.1) is 11.3 Å². The van der Waals surface area contributed by atoms with E-state index in [0.717, 1.165) is 24.4 Å². The number of carbonyl (C=O) groups excluding carboxylic acids is 2. The van der Waals surface area contributed by atoms with Crippen LogP contribution in [0, 0.1) is 13.8 Å². The second-order valence-corrected chi connectivity index (χ2v) is 7.55. The number of halogens is 1. The summed E-state index contributed by atoms with van der Waals surface area (Å²) in [5.74, 6) is -0.821. The van der Waals surface area contributed by atoms with Gasteiger partial charge in [0.25, 0.3) is 0 Å². The molecule has 0 unspecified atom stereocenters. The van der Waals surface area contributed by atoms with Crippen LogP contribution in [0.3, 0.4) is 0 Å². The number of nitrogens with zero attached hydrogens (tertiary/aromatic N) is 2. The number of carbonyl (C=O) groups is 2. The highest BCUT2D eigenvalue weighted by Crippen LogP contribution is 2.18. The molecule has 3 rings (SSSR count). The first kappa shape index (κ1) is 19.3. The van der Waals surface area contributed by atoms with Gasteiger partial charge in [0.1, 0.15) is 5.15 Å². The summed E-state index contributed by atoms with van der Waals surface area (Å²) in [6.07, 6.45) is 2.33. The third-order valence-electron chi connectivity index (χ3n) is 4.33. The second-order valence-electron chi connectivity index (χ2n) is 6.13. The summed E-state index contributed by atoms with van der Waals surface area (Å²) in [6, 6.07) is 8.90. The van der Waals surface area contributed by atoms with E-state index >= 15 is 0 Å². The Kier molecular flexibility index (Phi) is 6.08. The van der Waals surface area contributed by atoms with Crippen molar-refractivity contribution in [2.45, 2.75) is 26.8 Å². The van der Waals surface area contributed by atoms with Gasteiger partial charge in [0, 0.05) is 34.6 Å². The Balaban J connectivity index is 1.64. The van der Waals surface area contributed by atoms with Crippen LogP contribution in [-0.2, 0) is 17.7 Å². The summed E-state index contributed by atoms with van der Waals surface area (Å²) in [4.78, 5) is 29.7. The molecule has 0 fully saturated rings. The van der Waals surface area contributed by atoms with Gasteiger partial charge in [0.05, 0.1) is 5.56 Å². The Morgan fingerprint density at radius 2 is 2.07 bits per heavy atom. The molecular weight excluding hydrogens is 384 g/mol. The zero-order valence-corrected chi connectivity index (χ0v) is 16.6. The maximum absolute atomic E-state index is 12.5. The van der Waals surface area contributed by atoms with E-state index in [2.05, 4.69) is 21.0 Å². The molecule has 7 heteroatoms. The molecular formula is C20H19ClN2O3S. The molecule has 0 radical (unpaired) electrons. The van der Waals surface area contributed by atoms with Crippen LogP contribution < -0.4 is 0 Å². The fourth-order valence-corrected chi connectivity index (χ4v) is 3.80. The van der Waals surface area contributed by atoms with Crippen LogP contribution in [-0.4, -0.2) is 27.9 Å². The molecule has 0 bridgehead atoms. The summed E-state index contributed by atoms with van der Waals surface area (Å²) in [5, 5.41) is 2.26. The standard InChI is InChI=1S/C20H19ClN2O3S/c1-13-10-17(14(2)23(13)8-6-16-4-3-9-27-16)18(24)12-26-20(25)15-5-7-22-19(21)11-15/h3-5,7,9-11H,6,8,12H2,1-2H3. The molecule has 3 aromatic heterocycles. The lowest BCUT2D eigenvalue weighted by Crippen LogP contribution is -2.15. The number of rotatable bonds is 7. The summed E-state index contributed by atoms with van der Waals surface area (Å²) in [6.45, 7) is 4.39. The number of thiophene rings is 1. The van der Waals surface area contributed by atoms with Gasteiger partial charge in [-0.2, -0.15) is 0 Å². The van der Waals surface area contributed by atoms with Crippen LogP contribution in [0.25, 0.3) is 0 Å². The molecule has 5 nitrogen and oxygen atoms in total. The van der Waals surface area contributed by atoms with Crippen molar-refractivity contribution in [3.63, 3.8) is 0 Å². The summed E-state index contributed by atoms with van der Waals surface area (Å²) >= 11 is 7.49. The molecule has 0 aliphatic rings. The number of ketones is 1. The largest absolute Gasteiger partial charge is 0.454 e. The van der Waals surface area contributed by atoms with E-state index in [9.17, 15) is 9.59 Å². The minimum Gasteiger partial charge on any atom is -0.454 e. The van der Waals surface area contributed by atoms with E-state index in [4.69, 9.17) is 16.3 Å². The fourth-order valence-electron chi connectivity index (χ4n) is 2.93. The molecule has 0 aliphatic carbocycles. The van der Waals surface area contributed by atoms with Crippen molar-refractivity contribution >= 4 is 34.7 Å². The van der Waals surface area contributed by atoms with Crippen molar-refractivity contribution in [1.82, 2.24) is 9.55 Å². The normalized spacial score (nSPS) is 10.8. The Labute approximate surface area is 166 Å². The third-order valence-corrected chi connectivity index (χ3v) is 5.48. The fraction of sp³-hybridized carbons (Fsp3) is 0.250. The molecule has 27 heavy (non-hydrogen) atoms. The van der Waals surface area contributed by atoms with Gasteiger partial charge >= 0.3 is 5.97 Å². The first-order valence-corrected chi connectivity index (χ1v) is 9.72. The van der Waals surface area contributed by atoms with Crippen molar-refractivity contribution in [3.05, 3.63) is 74.5 Å². The molecule has 3 aromatic rings. The van der Waals surface area contributed by atoms with Crippen LogP contribution >= 0.6 is 22.9 Å². The third kappa shape index (κ3) is 4.64. The number of aromatic nitrogens is 2. The van der Waals surface area contributed by atoms with Gasteiger partial charge in [-0.3, -0.25) is 4.79 Å². The lowest BCUT2D eigenvalue weighted by molar-refractivity contribution is 0.0474. The lowest BCUT2D eigenvalue weighted by atomic mass is 10.1. The van der Waals surface area contributed by atoms with Gasteiger partial charge in [-0.1, -0.05) is 17.7 Å². The predicted molar refractivity (Wildman–Crippen MR) is 106 cm³/mol. The Bertz CT molecular complexity index is 964. The first-order valence-electron chi connectivity index (χ1n) is 8.46. The van der Waals surface area contributed by atoms with E-state index in [1.54, 1.807) is 11.3 Å². The number of hydrogen-bond donors (Lipinski definition) is 0. The average molecular weight is 403 g/mol. The van der Waals surface area contributed by atoms with Crippen LogP contribution in [0.15, 0.2) is 41.9 Å². The lowest BCUT2D eigenvalue weighted by Gasteiger charge is -2.09. The maximum atomic E-state index is 12.5. The van der Waals surface area contributed by atoms with Crippen LogP contribution in [0.5, 0.6) is 0 Å². The molecule has 0 saturated carbocycles. The molecule has 140 valence electrons. The number of pyridine rings is 1. The van der Waals surface area contributed by atoms with Gasteiger partial charge in [-0.05, 0) is 49.9 Å². The minimum absolute atomic E-state index is 0.199. The molecule has 0 aromatic carbocycles. The Hall–Kier alpha value is -2.44. The molecule has 0 atom stereocenters. The second kappa shape index (κ2) is 8.50. The number of esters is 1. The molecule has 0 saturated heterocycles. The first-order chi connectivity index (χ1) is 13.0. The quantitative estimate of drug-likeness (QED) is 0.331. The number of ether oxygens (including phenoxy) is 1. The maximum Gasteiger partial charge on any atom is 0.338 e. The van der Waals surface area contributed by atoms with Crippen molar-refractivity contribution in [1.29, 1.82) is 0 Å². The van der Waals surface area contributed by atoms with Crippen LogP contribution in [0.1, 0.15) is 37.0 Å². The molecule has 0 spiro atoms. The monoisotopic (exact) mass is 402 g/mol. The highest BCUT2D eigenvalue weighted by molar-refractivity contribution is 7.09. The molecule has 0 aliphatic heterocycles. The Morgan fingerprint density at radius 3 is 2.78 bits per heavy atom. The van der Waals surface area contributed by atoms with Crippen molar-refractivity contribution < 1.29 is 14.3 Å². The van der Waals surface area contributed by atoms with Crippen LogP contribution in [0.2, 0.25) is 5.15 Å². The average Bonchev–Trinajstić information content (AvgIpc) is 3.26. The van der Waals surface area contributed by atoms with Gasteiger partial charge < -0.3 is 9.30 Å². The molecule has 3 heterocycles. The topological polar surface area (TPSA) is 61.2 Å². The Morgan fingerprint density at radius 1 is 1.26 bits per heavy atom. The highest BCUT2D eigenvalue weighted by Gasteiger charge is 2.18. The number of aryl methyl sites for hydroxylation is 2. The summed E-state index contributed by atoms with van der Waals surface area (Å²) in [5.41, 5.74) is 2.75. The van der Waals surface area contributed by atoms with Gasteiger partial charge in [0.15, 0.2) is 6.61 Å². The minimum atomic E-state index is -0.598. The van der Waals surface area contributed by atoms with E-state index < -0.39 is 5.97 Å². The summed E-state index contributed by atoms with van der Waals surface area (Å²) < 4.78 is 7.26. The van der Waals surface area contributed by atoms with Crippen LogP contribution in [0.4, 0.5) is 0 Å². The predicted octanol–water partition coefficient (Wildman–Crippen LogP) is 4.50. The highest BCUT2D eigenvalue weighted by atomic mass is 35.5. The van der Waals surface area contributed by atoms with E-state index in [1.807, 2.05) is 26.0 Å². The zero-order valence-electron chi connectivity index (χ0n) is 15.1. The number of hydrogen-bond acceptors (Lipinski definition) is 5. The van der Waals surface area contributed by atoms with Gasteiger partial charge in [0.2, 0.25) is 5.78 Å². The van der Waals surface area contributed by atoms with E-state index in [-0.39, 0.29) is 23.1 Å². The zero-order chi connectivity index (χ0) is 19.4. The SMILES string of the molecule is Cc1cc(C(=O)COC(=O)c2ccnc(Cl)c2)c(C)n1CCc1cccs1. The van der Waals surface area contributed by atoms with Crippen molar-refractivity contribution in [2.75, 3.05) is 6.61 Å². The van der Waals surface area contributed by atoms with Crippen molar-refractivity contribution in [3.8, 4) is 0 Å². The smallest absolute Gasteiger partial charge is 0.338 e. The van der Waals surface area contributed by atoms with Gasteiger partial charge in [-0.25, -0.2) is 9.78 Å².